The standard InChI is InChI=1S/C13H11BrN2O3/c1-7-2-3-10(9(14)4-7)15-13(19)8-5-11(17)16-12(18)6-8/h2-6H,1H3,(H,15,19)(H2,16,17,18). The maximum Gasteiger partial charge on any atom is 0.256 e. The quantitative estimate of drug-likeness (QED) is 0.794. The molecule has 0 atom stereocenters. The summed E-state index contributed by atoms with van der Waals surface area (Å²) in [6.07, 6.45) is 0. The van der Waals surface area contributed by atoms with E-state index in [-0.39, 0.29) is 11.4 Å². The minimum Gasteiger partial charge on any atom is -0.494 e. The van der Waals surface area contributed by atoms with Crippen LogP contribution in [-0.4, -0.2) is 16.0 Å². The number of aromatic amines is 1. The molecule has 0 bridgehead atoms. The molecule has 1 heterocycles. The van der Waals surface area contributed by atoms with Crippen molar-refractivity contribution in [3.63, 3.8) is 0 Å². The van der Waals surface area contributed by atoms with Crippen molar-refractivity contribution in [2.45, 2.75) is 6.92 Å². The Labute approximate surface area is 117 Å². The molecule has 6 heteroatoms. The van der Waals surface area contributed by atoms with E-state index in [1.807, 2.05) is 19.1 Å². The van der Waals surface area contributed by atoms with Crippen molar-refractivity contribution in [2.24, 2.45) is 0 Å². The topological polar surface area (TPSA) is 82.2 Å². The highest BCUT2D eigenvalue weighted by Crippen LogP contribution is 2.23. The Kier molecular flexibility index (Phi) is 3.71. The number of H-pyrrole nitrogens is 1. The molecule has 0 fully saturated rings. The number of aromatic hydroxyl groups is 1. The molecule has 0 aliphatic rings. The summed E-state index contributed by atoms with van der Waals surface area (Å²) in [5, 5.41) is 11.9. The van der Waals surface area contributed by atoms with Crippen molar-refractivity contribution >= 4 is 27.5 Å². The Balaban J connectivity index is 2.28. The molecule has 0 unspecified atom stereocenters. The third-order valence-electron chi connectivity index (χ3n) is 2.47. The number of halogens is 1. The van der Waals surface area contributed by atoms with Gasteiger partial charge in [0.15, 0.2) is 5.88 Å². The van der Waals surface area contributed by atoms with E-state index < -0.39 is 11.5 Å². The monoisotopic (exact) mass is 322 g/mol. The van der Waals surface area contributed by atoms with E-state index in [9.17, 15) is 14.7 Å². The van der Waals surface area contributed by atoms with Gasteiger partial charge in [0, 0.05) is 16.6 Å². The lowest BCUT2D eigenvalue weighted by Crippen LogP contribution is -2.16. The second-order valence-electron chi connectivity index (χ2n) is 4.06. The third kappa shape index (κ3) is 3.23. The predicted molar refractivity (Wildman–Crippen MR) is 75.6 cm³/mol. The summed E-state index contributed by atoms with van der Waals surface area (Å²) in [5.41, 5.74) is 1.20. The van der Waals surface area contributed by atoms with E-state index in [0.717, 1.165) is 16.1 Å². The number of aryl methyl sites for hydroxylation is 1. The molecule has 3 N–H and O–H groups in total. The summed E-state index contributed by atoms with van der Waals surface area (Å²) >= 11 is 3.35. The van der Waals surface area contributed by atoms with E-state index in [0.29, 0.717) is 5.69 Å². The fourth-order valence-electron chi connectivity index (χ4n) is 1.58. The molecule has 1 aromatic carbocycles. The average molecular weight is 323 g/mol. The predicted octanol–water partition coefficient (Wildman–Crippen LogP) is 2.40. The van der Waals surface area contributed by atoms with E-state index in [2.05, 4.69) is 26.2 Å². The molecule has 0 aliphatic carbocycles. The van der Waals surface area contributed by atoms with Crippen LogP contribution in [0, 0.1) is 6.92 Å². The number of aromatic nitrogens is 1. The minimum atomic E-state index is -0.534. The van der Waals surface area contributed by atoms with Gasteiger partial charge in [-0.05, 0) is 40.5 Å². The van der Waals surface area contributed by atoms with Crippen molar-refractivity contribution in [2.75, 3.05) is 5.32 Å². The van der Waals surface area contributed by atoms with Crippen LogP contribution >= 0.6 is 15.9 Å². The fraction of sp³-hybridized carbons (Fsp3) is 0.0769. The zero-order valence-electron chi connectivity index (χ0n) is 10.0. The van der Waals surface area contributed by atoms with Crippen molar-refractivity contribution in [3.05, 3.63) is 56.3 Å². The number of hydrogen-bond donors (Lipinski definition) is 3. The fourth-order valence-corrected chi connectivity index (χ4v) is 2.17. The highest BCUT2D eigenvalue weighted by molar-refractivity contribution is 9.10. The number of nitrogens with one attached hydrogen (secondary N) is 2. The van der Waals surface area contributed by atoms with Crippen molar-refractivity contribution < 1.29 is 9.90 Å². The van der Waals surface area contributed by atoms with Crippen LogP contribution < -0.4 is 10.9 Å². The Morgan fingerprint density at radius 3 is 2.68 bits per heavy atom. The number of benzene rings is 1. The van der Waals surface area contributed by atoms with Gasteiger partial charge in [0.05, 0.1) is 11.3 Å². The van der Waals surface area contributed by atoms with Crippen molar-refractivity contribution in [3.8, 4) is 5.88 Å². The molecule has 0 saturated carbocycles. The Morgan fingerprint density at radius 1 is 1.32 bits per heavy atom. The maximum atomic E-state index is 12.0. The van der Waals surface area contributed by atoms with Crippen LogP contribution in [0.15, 0.2) is 39.6 Å². The van der Waals surface area contributed by atoms with Gasteiger partial charge >= 0.3 is 0 Å². The number of anilines is 1. The summed E-state index contributed by atoms with van der Waals surface area (Å²) in [6.45, 7) is 1.94. The highest BCUT2D eigenvalue weighted by atomic mass is 79.9. The number of carbonyl (C=O) groups excluding carboxylic acids is 1. The first kappa shape index (κ1) is 13.4. The summed E-state index contributed by atoms with van der Waals surface area (Å²) in [7, 11) is 0. The molecule has 0 spiro atoms. The van der Waals surface area contributed by atoms with E-state index >= 15 is 0 Å². The normalized spacial score (nSPS) is 10.2. The molecule has 2 rings (SSSR count). The number of amides is 1. The summed E-state index contributed by atoms with van der Waals surface area (Å²) in [5.74, 6) is -0.813. The molecule has 19 heavy (non-hydrogen) atoms. The van der Waals surface area contributed by atoms with Crippen LogP contribution in [0.4, 0.5) is 5.69 Å². The largest absolute Gasteiger partial charge is 0.494 e. The molecule has 1 amide bonds. The van der Waals surface area contributed by atoms with Gasteiger partial charge in [-0.2, -0.15) is 0 Å². The number of carbonyl (C=O) groups is 1. The molecule has 5 nitrogen and oxygen atoms in total. The van der Waals surface area contributed by atoms with E-state index in [1.165, 1.54) is 6.07 Å². The van der Waals surface area contributed by atoms with Crippen LogP contribution in [0.5, 0.6) is 5.88 Å². The van der Waals surface area contributed by atoms with Crippen LogP contribution in [0.1, 0.15) is 15.9 Å². The summed E-state index contributed by atoms with van der Waals surface area (Å²) in [4.78, 5) is 25.3. The third-order valence-corrected chi connectivity index (χ3v) is 3.12. The van der Waals surface area contributed by atoms with Gasteiger partial charge in [0.1, 0.15) is 0 Å². The number of rotatable bonds is 2. The van der Waals surface area contributed by atoms with Gasteiger partial charge in [-0.25, -0.2) is 0 Å². The molecular formula is C13H11BrN2O3. The van der Waals surface area contributed by atoms with Gasteiger partial charge in [0.25, 0.3) is 11.5 Å². The molecule has 0 saturated heterocycles. The van der Waals surface area contributed by atoms with Crippen molar-refractivity contribution in [1.29, 1.82) is 0 Å². The van der Waals surface area contributed by atoms with Crippen LogP contribution in [0.2, 0.25) is 0 Å². The number of pyridine rings is 1. The molecule has 0 aliphatic heterocycles. The second kappa shape index (κ2) is 5.27. The van der Waals surface area contributed by atoms with Crippen LogP contribution in [-0.2, 0) is 0 Å². The molecule has 98 valence electrons. The lowest BCUT2D eigenvalue weighted by molar-refractivity contribution is 0.102. The first-order valence-electron chi connectivity index (χ1n) is 5.46. The maximum absolute atomic E-state index is 12.0. The Bertz CT molecular complexity index is 695. The molecule has 1 aromatic heterocycles. The molecule has 0 radical (unpaired) electrons. The Morgan fingerprint density at radius 2 is 2.05 bits per heavy atom. The van der Waals surface area contributed by atoms with Crippen LogP contribution in [0.25, 0.3) is 0 Å². The minimum absolute atomic E-state index is 0.0914. The van der Waals surface area contributed by atoms with Crippen molar-refractivity contribution in [1.82, 2.24) is 4.98 Å². The molecule has 2 aromatic rings. The second-order valence-corrected chi connectivity index (χ2v) is 4.91. The van der Waals surface area contributed by atoms with Gasteiger partial charge < -0.3 is 10.4 Å². The van der Waals surface area contributed by atoms with Gasteiger partial charge in [-0.1, -0.05) is 6.07 Å². The zero-order chi connectivity index (χ0) is 14.0. The highest BCUT2D eigenvalue weighted by Gasteiger charge is 2.10. The Hall–Kier alpha value is -2.08. The van der Waals surface area contributed by atoms with E-state index in [4.69, 9.17) is 0 Å². The van der Waals surface area contributed by atoms with Crippen LogP contribution in [0.3, 0.4) is 0 Å². The summed E-state index contributed by atoms with van der Waals surface area (Å²) in [6, 6.07) is 7.79. The van der Waals surface area contributed by atoms with E-state index in [1.54, 1.807) is 6.07 Å². The zero-order valence-corrected chi connectivity index (χ0v) is 11.6. The summed E-state index contributed by atoms with van der Waals surface area (Å²) < 4.78 is 0.745. The average Bonchev–Trinajstić information content (AvgIpc) is 2.31. The van der Waals surface area contributed by atoms with Gasteiger partial charge in [0.2, 0.25) is 0 Å². The lowest BCUT2D eigenvalue weighted by atomic mass is 10.2. The number of hydrogen-bond acceptors (Lipinski definition) is 3. The van der Waals surface area contributed by atoms with Gasteiger partial charge in [-0.15, -0.1) is 0 Å². The molecular weight excluding hydrogens is 312 g/mol. The smallest absolute Gasteiger partial charge is 0.256 e. The first-order chi connectivity index (χ1) is 8.95. The van der Waals surface area contributed by atoms with Gasteiger partial charge in [-0.3, -0.25) is 14.6 Å². The lowest BCUT2D eigenvalue weighted by Gasteiger charge is -2.08. The first-order valence-corrected chi connectivity index (χ1v) is 6.26. The SMILES string of the molecule is Cc1ccc(NC(=O)c2cc(O)[nH]c(=O)c2)c(Br)c1.